The van der Waals surface area contributed by atoms with Crippen LogP contribution in [0.3, 0.4) is 0 Å². The zero-order chi connectivity index (χ0) is 37.2. The third-order valence-electron chi connectivity index (χ3n) is 11.4. The van der Waals surface area contributed by atoms with E-state index in [-0.39, 0.29) is 29.2 Å². The lowest BCUT2D eigenvalue weighted by atomic mass is 9.77. The Morgan fingerprint density at radius 1 is 0.815 bits per heavy atom. The first-order valence-electron chi connectivity index (χ1n) is 18.7. The fourth-order valence-corrected chi connectivity index (χ4v) is 8.57. The Morgan fingerprint density at radius 3 is 2.30 bits per heavy atom. The Balaban J connectivity index is 0.811. The number of piperidine rings is 3. The number of nitrogens with one attached hydrogen (secondary N) is 3. The van der Waals surface area contributed by atoms with Crippen LogP contribution in [0.4, 0.5) is 28.7 Å². The van der Waals surface area contributed by atoms with E-state index in [0.717, 1.165) is 81.8 Å². The van der Waals surface area contributed by atoms with Gasteiger partial charge in [-0.05, 0) is 100.0 Å². The molecular weight excluding hydrogens is 725 g/mol. The van der Waals surface area contributed by atoms with Crippen molar-refractivity contribution in [2.24, 2.45) is 11.3 Å². The molecule has 1 spiro atoms. The molecule has 12 nitrogen and oxygen atoms in total. The Morgan fingerprint density at radius 2 is 1.56 bits per heavy atom. The van der Waals surface area contributed by atoms with Gasteiger partial charge in [-0.1, -0.05) is 35.3 Å². The Labute approximate surface area is 324 Å². The van der Waals surface area contributed by atoms with Crippen LogP contribution in [0.5, 0.6) is 0 Å². The molecule has 0 bridgehead atoms. The molecule has 8 rings (SSSR count). The molecule has 4 aromatic rings. The summed E-state index contributed by atoms with van der Waals surface area (Å²) in [5, 5.41) is 9.96. The number of halogens is 2. The molecule has 54 heavy (non-hydrogen) atoms. The summed E-state index contributed by atoms with van der Waals surface area (Å²) in [6, 6.07) is 17.1. The van der Waals surface area contributed by atoms with Gasteiger partial charge in [0.2, 0.25) is 23.7 Å². The molecule has 0 saturated carbocycles. The summed E-state index contributed by atoms with van der Waals surface area (Å²) in [5.74, 6) is 0.733. The number of pyridine rings is 1. The van der Waals surface area contributed by atoms with Gasteiger partial charge in [-0.3, -0.25) is 24.7 Å². The van der Waals surface area contributed by atoms with Crippen LogP contribution in [0.1, 0.15) is 44.9 Å². The SMILES string of the molecule is O=C1CCC(Nc2ccc(N3CCC(CN4CCC5(CC4)CCN(c4cncc(Nc6ncc(Cl)c(-c7ccc(Cl)cc7)n6)c4)C5=O)CC3)cc2)C(=O)N1. The molecule has 4 aliphatic rings. The van der Waals surface area contributed by atoms with Gasteiger partial charge in [-0.2, -0.15) is 0 Å². The second kappa shape index (κ2) is 15.5. The number of hydrogen-bond acceptors (Lipinski definition) is 10. The monoisotopic (exact) mass is 767 g/mol. The summed E-state index contributed by atoms with van der Waals surface area (Å²) in [7, 11) is 0. The normalized spacial score (nSPS) is 20.7. The predicted octanol–water partition coefficient (Wildman–Crippen LogP) is 6.54. The van der Waals surface area contributed by atoms with Crippen LogP contribution in [0, 0.1) is 11.3 Å². The zero-order valence-electron chi connectivity index (χ0n) is 29.9. The van der Waals surface area contributed by atoms with Gasteiger partial charge in [0.1, 0.15) is 6.04 Å². The highest BCUT2D eigenvalue weighted by Gasteiger charge is 2.48. The summed E-state index contributed by atoms with van der Waals surface area (Å²) in [5.41, 5.74) is 4.61. The average molecular weight is 769 g/mol. The molecule has 280 valence electrons. The van der Waals surface area contributed by atoms with Crippen molar-refractivity contribution in [3.05, 3.63) is 83.2 Å². The quantitative estimate of drug-likeness (QED) is 0.161. The number of likely N-dealkylation sites (tertiary alicyclic amines) is 1. The predicted molar refractivity (Wildman–Crippen MR) is 211 cm³/mol. The second-order valence-electron chi connectivity index (χ2n) is 14.9. The number of benzene rings is 2. The van der Waals surface area contributed by atoms with Crippen molar-refractivity contribution in [3.63, 3.8) is 0 Å². The first-order valence-corrected chi connectivity index (χ1v) is 19.5. The van der Waals surface area contributed by atoms with Crippen molar-refractivity contribution in [2.45, 2.75) is 51.0 Å². The minimum absolute atomic E-state index is 0.195. The highest BCUT2D eigenvalue weighted by molar-refractivity contribution is 6.33. The van der Waals surface area contributed by atoms with Gasteiger partial charge in [0.25, 0.3) is 0 Å². The maximum Gasteiger partial charge on any atom is 0.249 e. The molecule has 3 N–H and O–H groups in total. The molecule has 3 amide bonds. The van der Waals surface area contributed by atoms with Crippen molar-refractivity contribution >= 4 is 69.6 Å². The highest BCUT2D eigenvalue weighted by Crippen LogP contribution is 2.44. The van der Waals surface area contributed by atoms with Crippen molar-refractivity contribution in [3.8, 4) is 11.3 Å². The summed E-state index contributed by atoms with van der Waals surface area (Å²) < 4.78 is 0. The topological polar surface area (TPSA) is 136 Å². The number of carbonyl (C=O) groups excluding carboxylic acids is 3. The zero-order valence-corrected chi connectivity index (χ0v) is 31.5. The summed E-state index contributed by atoms with van der Waals surface area (Å²) in [6.07, 6.45) is 10.7. The van der Waals surface area contributed by atoms with E-state index in [4.69, 9.17) is 23.2 Å². The van der Waals surface area contributed by atoms with Crippen molar-refractivity contribution in [1.82, 2.24) is 25.2 Å². The van der Waals surface area contributed by atoms with Gasteiger partial charge in [-0.25, -0.2) is 9.97 Å². The average Bonchev–Trinajstić information content (AvgIpc) is 3.50. The van der Waals surface area contributed by atoms with Gasteiger partial charge in [0, 0.05) is 54.6 Å². The van der Waals surface area contributed by atoms with E-state index in [0.29, 0.717) is 52.7 Å². The molecule has 1 unspecified atom stereocenters. The van der Waals surface area contributed by atoms with Gasteiger partial charge in [-0.15, -0.1) is 0 Å². The lowest BCUT2D eigenvalue weighted by Crippen LogP contribution is -2.47. The molecule has 4 fully saturated rings. The number of anilines is 5. The van der Waals surface area contributed by atoms with Crippen LogP contribution in [-0.4, -0.2) is 82.9 Å². The first kappa shape index (κ1) is 36.2. The van der Waals surface area contributed by atoms with Crippen LogP contribution < -0.4 is 25.8 Å². The number of aromatic nitrogens is 3. The second-order valence-corrected chi connectivity index (χ2v) is 15.7. The molecule has 14 heteroatoms. The molecule has 4 aliphatic heterocycles. The minimum Gasteiger partial charge on any atom is -0.374 e. The summed E-state index contributed by atoms with van der Waals surface area (Å²) >= 11 is 12.5. The van der Waals surface area contributed by atoms with Gasteiger partial charge in [0.15, 0.2) is 0 Å². The molecule has 0 radical (unpaired) electrons. The Hall–Kier alpha value is -4.78. The highest BCUT2D eigenvalue weighted by atomic mass is 35.5. The Kier molecular flexibility index (Phi) is 10.4. The van der Waals surface area contributed by atoms with E-state index in [1.165, 1.54) is 5.69 Å². The minimum atomic E-state index is -0.384. The Bertz CT molecular complexity index is 2010. The third kappa shape index (κ3) is 7.87. The van der Waals surface area contributed by atoms with E-state index in [1.54, 1.807) is 30.7 Å². The van der Waals surface area contributed by atoms with Gasteiger partial charge < -0.3 is 25.3 Å². The number of imide groups is 1. The van der Waals surface area contributed by atoms with Crippen LogP contribution in [-0.2, 0) is 14.4 Å². The summed E-state index contributed by atoms with van der Waals surface area (Å²) in [4.78, 5) is 57.9. The molecule has 2 aromatic carbocycles. The number of nitrogens with zero attached hydrogens (tertiary/aromatic N) is 6. The fraction of sp³-hybridized carbons (Fsp3) is 0.400. The smallest absolute Gasteiger partial charge is 0.249 e. The fourth-order valence-electron chi connectivity index (χ4n) is 8.24. The number of hydrogen-bond donors (Lipinski definition) is 3. The maximum absolute atomic E-state index is 14.0. The van der Waals surface area contributed by atoms with Crippen LogP contribution in [0.25, 0.3) is 11.3 Å². The molecule has 6 heterocycles. The molecule has 4 saturated heterocycles. The summed E-state index contributed by atoms with van der Waals surface area (Å²) in [6.45, 7) is 5.63. The van der Waals surface area contributed by atoms with E-state index >= 15 is 0 Å². The van der Waals surface area contributed by atoms with Crippen molar-refractivity contribution < 1.29 is 14.4 Å². The van der Waals surface area contributed by atoms with Crippen LogP contribution >= 0.6 is 23.2 Å². The molecule has 1 atom stereocenters. The molecule has 2 aromatic heterocycles. The van der Waals surface area contributed by atoms with Crippen LogP contribution in [0.15, 0.2) is 73.2 Å². The third-order valence-corrected chi connectivity index (χ3v) is 12.0. The van der Waals surface area contributed by atoms with E-state index in [9.17, 15) is 14.4 Å². The van der Waals surface area contributed by atoms with Gasteiger partial charge in [0.05, 0.1) is 46.1 Å². The number of amides is 3. The standard InChI is InChI=1S/C40H43Cl2N9O3/c41-28-3-1-27(2-4-28)36-33(42)24-44-39(48-36)46-30-21-32(23-43-22-30)51-20-15-40(38(51)54)13-18-49(19-14-40)25-26-11-16-50(17-12-26)31-7-5-29(6-8-31)45-34-9-10-35(52)47-37(34)53/h1-8,21-24,26,34,45H,9-20,25H2,(H,44,46,48)(H,47,52,53). The number of rotatable bonds is 9. The number of carbonyl (C=O) groups is 3. The molecule has 0 aliphatic carbocycles. The lowest BCUT2D eigenvalue weighted by Gasteiger charge is -2.41. The largest absolute Gasteiger partial charge is 0.374 e. The van der Waals surface area contributed by atoms with Crippen LogP contribution in [0.2, 0.25) is 10.0 Å². The van der Waals surface area contributed by atoms with Crippen molar-refractivity contribution in [2.75, 3.05) is 59.7 Å². The van der Waals surface area contributed by atoms with E-state index < -0.39 is 0 Å². The van der Waals surface area contributed by atoms with E-state index in [1.807, 2.05) is 35.2 Å². The van der Waals surface area contributed by atoms with E-state index in [2.05, 4.69) is 52.8 Å². The van der Waals surface area contributed by atoms with Crippen molar-refractivity contribution in [1.29, 1.82) is 0 Å². The van der Waals surface area contributed by atoms with Gasteiger partial charge >= 0.3 is 0 Å². The lowest BCUT2D eigenvalue weighted by molar-refractivity contribution is -0.133. The molecular formula is C40H43Cl2N9O3. The first-order chi connectivity index (χ1) is 26.2. The maximum atomic E-state index is 14.0.